The fourth-order valence-electron chi connectivity index (χ4n) is 4.78. The number of benzene rings is 2. The van der Waals surface area contributed by atoms with E-state index in [0.29, 0.717) is 12.0 Å². The zero-order valence-electron chi connectivity index (χ0n) is 28.2. The number of nitrogens with zero attached hydrogens (tertiary/aromatic N) is 1. The van der Waals surface area contributed by atoms with Crippen LogP contribution in [0, 0.1) is 12.8 Å². The van der Waals surface area contributed by atoms with Crippen LogP contribution in [0.25, 0.3) is 0 Å². The molecule has 0 aliphatic heterocycles. The van der Waals surface area contributed by atoms with Crippen molar-refractivity contribution in [3.8, 4) is 0 Å². The molecule has 0 fully saturated rings. The van der Waals surface area contributed by atoms with E-state index in [2.05, 4.69) is 10.6 Å². The summed E-state index contributed by atoms with van der Waals surface area (Å²) in [5.41, 5.74) is 0.451. The summed E-state index contributed by atoms with van der Waals surface area (Å²) in [5.74, 6) is -2.14. The number of aliphatic hydroxyl groups is 1. The molecule has 2 aromatic carbocycles. The van der Waals surface area contributed by atoms with E-state index in [9.17, 15) is 24.3 Å². The third-order valence-electron chi connectivity index (χ3n) is 7.11. The van der Waals surface area contributed by atoms with Crippen LogP contribution in [0.2, 0.25) is 0 Å². The molecule has 0 saturated heterocycles. The number of aliphatic hydroxyl groups excluding tert-OH is 1. The van der Waals surface area contributed by atoms with E-state index < -0.39 is 59.8 Å². The monoisotopic (exact) mass is 625 g/mol. The highest BCUT2D eigenvalue weighted by Crippen LogP contribution is 2.27. The van der Waals surface area contributed by atoms with E-state index in [1.54, 1.807) is 53.7 Å². The van der Waals surface area contributed by atoms with Crippen LogP contribution >= 0.6 is 0 Å². The van der Waals surface area contributed by atoms with Crippen molar-refractivity contribution in [2.75, 3.05) is 13.2 Å². The number of alkyl carbamates (subject to hydrolysis) is 1. The van der Waals surface area contributed by atoms with Crippen LogP contribution in [0.5, 0.6) is 0 Å². The lowest BCUT2D eigenvalue weighted by Crippen LogP contribution is -2.57. The van der Waals surface area contributed by atoms with Crippen LogP contribution in [0.15, 0.2) is 54.6 Å². The van der Waals surface area contributed by atoms with Gasteiger partial charge >= 0.3 is 12.1 Å². The summed E-state index contributed by atoms with van der Waals surface area (Å²) >= 11 is 0. The van der Waals surface area contributed by atoms with Gasteiger partial charge in [0, 0.05) is 13.0 Å². The standard InChI is InChI=1S/C35H51N3O7/c1-10-23(2)28(37-33(43)45-35(7,8)9)31(41)38(20-21-39)29(26-19-15-14-16-24(26)3)30(40)36-27(32(42)44-34(4,5)6)22-25-17-12-11-13-18-25/h11-19,23,27-29,39H,10,20-22H2,1-9H3,(H,36,40)(H,37,43). The van der Waals surface area contributed by atoms with Gasteiger partial charge in [-0.1, -0.05) is 74.9 Å². The Morgan fingerprint density at radius 1 is 0.867 bits per heavy atom. The van der Waals surface area contributed by atoms with E-state index in [-0.39, 0.29) is 18.9 Å². The minimum atomic E-state index is -1.24. The van der Waals surface area contributed by atoms with Crippen molar-refractivity contribution in [3.05, 3.63) is 71.3 Å². The molecule has 45 heavy (non-hydrogen) atoms. The first-order valence-corrected chi connectivity index (χ1v) is 15.5. The van der Waals surface area contributed by atoms with Gasteiger partial charge in [-0.25, -0.2) is 9.59 Å². The normalized spacial score (nSPS) is 14.4. The molecular weight excluding hydrogens is 574 g/mol. The second-order valence-corrected chi connectivity index (χ2v) is 13.3. The third-order valence-corrected chi connectivity index (χ3v) is 7.11. The first-order chi connectivity index (χ1) is 21.0. The Bertz CT molecular complexity index is 1280. The Morgan fingerprint density at radius 2 is 1.44 bits per heavy atom. The largest absolute Gasteiger partial charge is 0.458 e. The molecule has 0 aromatic heterocycles. The average Bonchev–Trinajstić information content (AvgIpc) is 2.94. The Balaban J connectivity index is 2.60. The predicted molar refractivity (Wildman–Crippen MR) is 173 cm³/mol. The molecule has 2 aromatic rings. The maximum Gasteiger partial charge on any atom is 0.408 e. The molecule has 0 radical (unpaired) electrons. The average molecular weight is 626 g/mol. The van der Waals surface area contributed by atoms with E-state index in [4.69, 9.17) is 9.47 Å². The number of carbonyl (C=O) groups is 4. The second-order valence-electron chi connectivity index (χ2n) is 13.3. The van der Waals surface area contributed by atoms with E-state index >= 15 is 0 Å². The summed E-state index contributed by atoms with van der Waals surface area (Å²) in [7, 11) is 0. The maximum atomic E-state index is 14.4. The second kappa shape index (κ2) is 16.4. The van der Waals surface area contributed by atoms with Crippen LogP contribution < -0.4 is 10.6 Å². The fraction of sp³-hybridized carbons (Fsp3) is 0.543. The van der Waals surface area contributed by atoms with E-state index in [0.717, 1.165) is 11.1 Å². The van der Waals surface area contributed by atoms with Crippen molar-refractivity contribution in [2.24, 2.45) is 5.92 Å². The van der Waals surface area contributed by atoms with E-state index in [1.165, 1.54) is 4.90 Å². The Kier molecular flexibility index (Phi) is 13.6. The van der Waals surface area contributed by atoms with Gasteiger partial charge in [0.1, 0.15) is 29.3 Å². The molecule has 4 atom stereocenters. The summed E-state index contributed by atoms with van der Waals surface area (Å²) in [6.45, 7) is 15.3. The molecule has 0 aliphatic rings. The molecule has 10 heteroatoms. The van der Waals surface area contributed by atoms with Crippen molar-refractivity contribution >= 4 is 23.9 Å². The first kappa shape index (κ1) is 37.3. The van der Waals surface area contributed by atoms with Gasteiger partial charge in [0.25, 0.3) is 0 Å². The molecule has 0 bridgehead atoms. The summed E-state index contributed by atoms with van der Waals surface area (Å²) in [5, 5.41) is 15.7. The number of carbonyl (C=O) groups excluding carboxylic acids is 4. The number of nitrogens with one attached hydrogen (secondary N) is 2. The SMILES string of the molecule is CCC(C)C(NC(=O)OC(C)(C)C)C(=O)N(CCO)C(C(=O)NC(Cc1ccccc1)C(=O)OC(C)(C)C)c1ccccc1C. The van der Waals surface area contributed by atoms with Gasteiger partial charge < -0.3 is 30.1 Å². The highest BCUT2D eigenvalue weighted by molar-refractivity contribution is 5.94. The lowest BCUT2D eigenvalue weighted by atomic mass is 9.94. The van der Waals surface area contributed by atoms with Crippen molar-refractivity contribution in [2.45, 2.75) is 104 Å². The molecule has 10 nitrogen and oxygen atoms in total. The molecule has 0 heterocycles. The first-order valence-electron chi connectivity index (χ1n) is 15.5. The van der Waals surface area contributed by atoms with E-state index in [1.807, 2.05) is 63.2 Å². The number of aryl methyl sites for hydroxylation is 1. The highest BCUT2D eigenvalue weighted by atomic mass is 16.6. The van der Waals surface area contributed by atoms with Gasteiger partial charge in [-0.2, -0.15) is 0 Å². The fourth-order valence-corrected chi connectivity index (χ4v) is 4.78. The molecule has 0 aliphatic carbocycles. The molecule has 4 unspecified atom stereocenters. The van der Waals surface area contributed by atoms with Crippen molar-refractivity contribution < 1.29 is 33.8 Å². The predicted octanol–water partition coefficient (Wildman–Crippen LogP) is 4.87. The molecule has 0 saturated carbocycles. The summed E-state index contributed by atoms with van der Waals surface area (Å²) < 4.78 is 11.1. The number of ether oxygens (including phenoxy) is 2. The third kappa shape index (κ3) is 11.8. The van der Waals surface area contributed by atoms with Crippen LogP contribution in [0.3, 0.4) is 0 Å². The van der Waals surface area contributed by atoms with Gasteiger partial charge in [-0.05, 0) is 71.1 Å². The molecule has 3 N–H and O–H groups in total. The zero-order chi connectivity index (χ0) is 33.9. The van der Waals surface area contributed by atoms with Crippen molar-refractivity contribution in [3.63, 3.8) is 0 Å². The molecule has 2 rings (SSSR count). The summed E-state index contributed by atoms with van der Waals surface area (Å²) in [6.07, 6.45) is -0.0704. The number of hydrogen-bond donors (Lipinski definition) is 3. The summed E-state index contributed by atoms with van der Waals surface area (Å²) in [6, 6.07) is 13.0. The van der Waals surface area contributed by atoms with Gasteiger partial charge in [0.15, 0.2) is 0 Å². The molecule has 248 valence electrons. The highest BCUT2D eigenvalue weighted by Gasteiger charge is 2.40. The molecular formula is C35H51N3O7. The lowest BCUT2D eigenvalue weighted by Gasteiger charge is -2.36. The number of rotatable bonds is 13. The molecule has 3 amide bonds. The maximum absolute atomic E-state index is 14.4. The number of hydrogen-bond acceptors (Lipinski definition) is 7. The van der Waals surface area contributed by atoms with Crippen LogP contribution in [0.4, 0.5) is 4.79 Å². The smallest absolute Gasteiger partial charge is 0.408 e. The van der Waals surface area contributed by atoms with Gasteiger partial charge in [-0.3, -0.25) is 9.59 Å². The van der Waals surface area contributed by atoms with Crippen LogP contribution in [-0.4, -0.2) is 70.3 Å². The lowest BCUT2D eigenvalue weighted by molar-refractivity contribution is -0.159. The Hall–Kier alpha value is -3.92. The van der Waals surface area contributed by atoms with Crippen molar-refractivity contribution in [1.29, 1.82) is 0 Å². The van der Waals surface area contributed by atoms with Crippen molar-refractivity contribution in [1.82, 2.24) is 15.5 Å². The summed E-state index contributed by atoms with van der Waals surface area (Å²) in [4.78, 5) is 56.2. The number of esters is 1. The number of amides is 3. The topological polar surface area (TPSA) is 134 Å². The minimum Gasteiger partial charge on any atom is -0.458 e. The van der Waals surface area contributed by atoms with Crippen LogP contribution in [0.1, 0.15) is 84.5 Å². The van der Waals surface area contributed by atoms with Crippen LogP contribution in [-0.2, 0) is 30.3 Å². The van der Waals surface area contributed by atoms with Gasteiger partial charge in [-0.15, -0.1) is 0 Å². The van der Waals surface area contributed by atoms with Gasteiger partial charge in [0.2, 0.25) is 11.8 Å². The zero-order valence-corrected chi connectivity index (χ0v) is 28.2. The quantitative estimate of drug-likeness (QED) is 0.271. The Labute approximate surface area is 267 Å². The Morgan fingerprint density at radius 3 is 1.98 bits per heavy atom. The molecule has 0 spiro atoms. The van der Waals surface area contributed by atoms with Gasteiger partial charge in [0.05, 0.1) is 6.61 Å². The minimum absolute atomic E-state index is 0.158.